The monoisotopic (exact) mass is 450 g/mol. The van der Waals surface area contributed by atoms with E-state index < -0.39 is 0 Å². The van der Waals surface area contributed by atoms with E-state index in [2.05, 4.69) is 70.0 Å². The first-order valence-electron chi connectivity index (χ1n) is 11.1. The van der Waals surface area contributed by atoms with Crippen LogP contribution in [0.25, 0.3) is 0 Å². The summed E-state index contributed by atoms with van der Waals surface area (Å²) in [7, 11) is 0. The van der Waals surface area contributed by atoms with Crippen LogP contribution in [0.3, 0.4) is 0 Å². The summed E-state index contributed by atoms with van der Waals surface area (Å²) >= 11 is 1.45. The van der Waals surface area contributed by atoms with Crippen LogP contribution >= 0.6 is 11.3 Å². The van der Waals surface area contributed by atoms with Crippen molar-refractivity contribution in [1.82, 2.24) is 10.3 Å². The number of thiazole rings is 1. The van der Waals surface area contributed by atoms with E-state index >= 15 is 0 Å². The Morgan fingerprint density at radius 2 is 1.56 bits per heavy atom. The van der Waals surface area contributed by atoms with E-state index in [1.807, 2.05) is 29.6 Å². The normalized spacial score (nSPS) is 11.9. The van der Waals surface area contributed by atoms with Crippen LogP contribution in [0.1, 0.15) is 70.2 Å². The third kappa shape index (κ3) is 6.92. The molecule has 1 amide bonds. The lowest BCUT2D eigenvalue weighted by Crippen LogP contribution is -2.23. The van der Waals surface area contributed by atoms with Gasteiger partial charge in [-0.15, -0.1) is 0 Å². The summed E-state index contributed by atoms with van der Waals surface area (Å²) in [6.45, 7) is 13.9. The van der Waals surface area contributed by atoms with Crippen LogP contribution in [0.5, 0.6) is 10.9 Å². The van der Waals surface area contributed by atoms with Crippen molar-refractivity contribution in [3.63, 3.8) is 0 Å². The maximum atomic E-state index is 12.5. The quantitative estimate of drug-likeness (QED) is 0.432. The average molecular weight is 451 g/mol. The molecular weight excluding hydrogens is 416 g/mol. The molecule has 3 rings (SSSR count). The Morgan fingerprint density at radius 1 is 0.938 bits per heavy atom. The zero-order valence-corrected chi connectivity index (χ0v) is 20.8. The van der Waals surface area contributed by atoms with Gasteiger partial charge in [0.15, 0.2) is 0 Å². The molecule has 0 bridgehead atoms. The number of benzene rings is 2. The van der Waals surface area contributed by atoms with E-state index in [4.69, 9.17) is 4.74 Å². The molecule has 5 heteroatoms. The molecule has 1 N–H and O–H groups in total. The van der Waals surface area contributed by atoms with Crippen LogP contribution in [-0.4, -0.2) is 10.9 Å². The molecule has 4 nitrogen and oxygen atoms in total. The number of aromatic nitrogens is 1. The molecule has 0 aliphatic rings. The highest BCUT2D eigenvalue weighted by Gasteiger charge is 2.20. The van der Waals surface area contributed by atoms with Crippen molar-refractivity contribution in [3.05, 3.63) is 76.3 Å². The SMILES string of the molecule is CC(C)(C)c1cc(CCC(=O)NCc2ccc(Oc3nccs3)cc2)cc(C(C)(C)C)c1. The molecule has 0 unspecified atom stereocenters. The van der Waals surface area contributed by atoms with Crippen LogP contribution in [-0.2, 0) is 28.6 Å². The first kappa shape index (κ1) is 24.0. The summed E-state index contributed by atoms with van der Waals surface area (Å²) in [5, 5.41) is 5.53. The van der Waals surface area contributed by atoms with Crippen molar-refractivity contribution in [3.8, 4) is 10.9 Å². The Morgan fingerprint density at radius 3 is 2.09 bits per heavy atom. The second kappa shape index (κ2) is 9.86. The molecule has 32 heavy (non-hydrogen) atoms. The number of nitrogens with one attached hydrogen (secondary N) is 1. The second-order valence-corrected chi connectivity index (χ2v) is 11.1. The molecule has 0 aliphatic heterocycles. The van der Waals surface area contributed by atoms with E-state index in [1.54, 1.807) is 6.20 Å². The Balaban J connectivity index is 1.55. The Labute approximate surface area is 196 Å². The summed E-state index contributed by atoms with van der Waals surface area (Å²) in [4.78, 5) is 16.6. The van der Waals surface area contributed by atoms with Gasteiger partial charge >= 0.3 is 0 Å². The van der Waals surface area contributed by atoms with Gasteiger partial charge in [-0.2, -0.15) is 0 Å². The highest BCUT2D eigenvalue weighted by molar-refractivity contribution is 7.11. The van der Waals surface area contributed by atoms with Gasteiger partial charge in [0.25, 0.3) is 5.19 Å². The second-order valence-electron chi connectivity index (χ2n) is 10.2. The molecule has 0 fully saturated rings. The molecular formula is C27H34N2O2S. The molecule has 0 saturated carbocycles. The fourth-order valence-electron chi connectivity index (χ4n) is 3.29. The summed E-state index contributed by atoms with van der Waals surface area (Å²) in [5.41, 5.74) is 5.05. The molecule has 1 heterocycles. The number of rotatable bonds is 7. The molecule has 0 aliphatic carbocycles. The van der Waals surface area contributed by atoms with Crippen LogP contribution in [0.2, 0.25) is 0 Å². The third-order valence-electron chi connectivity index (χ3n) is 5.39. The molecule has 170 valence electrons. The minimum absolute atomic E-state index is 0.0617. The van der Waals surface area contributed by atoms with E-state index in [9.17, 15) is 4.79 Å². The summed E-state index contributed by atoms with van der Waals surface area (Å²) in [6, 6.07) is 14.5. The smallest absolute Gasteiger partial charge is 0.278 e. The lowest BCUT2D eigenvalue weighted by atomic mass is 9.79. The highest BCUT2D eigenvalue weighted by Crippen LogP contribution is 2.30. The van der Waals surface area contributed by atoms with Crippen LogP contribution in [0, 0.1) is 0 Å². The minimum Gasteiger partial charge on any atom is -0.431 e. The number of amides is 1. The van der Waals surface area contributed by atoms with Gasteiger partial charge in [0.1, 0.15) is 5.75 Å². The van der Waals surface area contributed by atoms with E-state index in [1.165, 1.54) is 28.0 Å². The number of hydrogen-bond acceptors (Lipinski definition) is 4. The number of ether oxygens (including phenoxy) is 1. The fourth-order valence-corrected chi connectivity index (χ4v) is 3.79. The van der Waals surface area contributed by atoms with Gasteiger partial charge < -0.3 is 10.1 Å². The first-order valence-corrected chi connectivity index (χ1v) is 12.0. The standard InChI is InChI=1S/C27H34N2O2S/c1-26(2,3)21-15-20(16-22(17-21)27(4,5)6)9-12-24(30)29-18-19-7-10-23(11-8-19)31-25-28-13-14-32-25/h7-8,10-11,13-17H,9,12,18H2,1-6H3,(H,29,30). The average Bonchev–Trinajstić information content (AvgIpc) is 3.23. The predicted octanol–water partition coefficient (Wildman–Crippen LogP) is 6.78. The number of hydrogen-bond donors (Lipinski definition) is 1. The van der Waals surface area contributed by atoms with E-state index in [0.29, 0.717) is 18.2 Å². The van der Waals surface area contributed by atoms with Crippen LogP contribution in [0.4, 0.5) is 0 Å². The first-order chi connectivity index (χ1) is 15.0. The Hall–Kier alpha value is -2.66. The number of nitrogens with zero attached hydrogens (tertiary/aromatic N) is 1. The van der Waals surface area contributed by atoms with E-state index in [-0.39, 0.29) is 16.7 Å². The van der Waals surface area contributed by atoms with Gasteiger partial charge in [-0.3, -0.25) is 4.79 Å². The highest BCUT2D eigenvalue weighted by atomic mass is 32.1. The zero-order valence-electron chi connectivity index (χ0n) is 20.0. The van der Waals surface area contributed by atoms with Gasteiger partial charge in [0.2, 0.25) is 5.91 Å². The molecule has 1 aromatic heterocycles. The lowest BCUT2D eigenvalue weighted by Gasteiger charge is -2.26. The van der Waals surface area contributed by atoms with Gasteiger partial charge in [-0.1, -0.05) is 83.2 Å². The molecule has 0 spiro atoms. The number of carbonyl (C=O) groups excluding carboxylic acids is 1. The Kier molecular flexibility index (Phi) is 7.40. The van der Waals surface area contributed by atoms with Crippen molar-refractivity contribution in [2.75, 3.05) is 0 Å². The fraction of sp³-hybridized carbons (Fsp3) is 0.407. The summed E-state index contributed by atoms with van der Waals surface area (Å²) in [5.74, 6) is 0.801. The van der Waals surface area contributed by atoms with Gasteiger partial charge in [-0.25, -0.2) is 4.98 Å². The maximum absolute atomic E-state index is 12.5. The minimum atomic E-state index is 0.0617. The van der Waals surface area contributed by atoms with Crippen molar-refractivity contribution < 1.29 is 9.53 Å². The van der Waals surface area contributed by atoms with Crippen molar-refractivity contribution in [1.29, 1.82) is 0 Å². The number of carbonyl (C=O) groups is 1. The molecule has 3 aromatic rings. The third-order valence-corrected chi connectivity index (χ3v) is 6.04. The largest absolute Gasteiger partial charge is 0.431 e. The van der Waals surface area contributed by atoms with Crippen molar-refractivity contribution in [2.24, 2.45) is 0 Å². The van der Waals surface area contributed by atoms with Crippen LogP contribution in [0.15, 0.2) is 54.0 Å². The van der Waals surface area contributed by atoms with Gasteiger partial charge in [0.05, 0.1) is 0 Å². The zero-order chi connectivity index (χ0) is 23.4. The van der Waals surface area contributed by atoms with Crippen molar-refractivity contribution >= 4 is 17.2 Å². The molecule has 2 aromatic carbocycles. The molecule has 0 saturated heterocycles. The topological polar surface area (TPSA) is 51.2 Å². The summed E-state index contributed by atoms with van der Waals surface area (Å²) in [6.07, 6.45) is 2.93. The maximum Gasteiger partial charge on any atom is 0.278 e. The number of aryl methyl sites for hydroxylation is 1. The molecule has 0 radical (unpaired) electrons. The van der Waals surface area contributed by atoms with E-state index in [0.717, 1.165) is 17.7 Å². The lowest BCUT2D eigenvalue weighted by molar-refractivity contribution is -0.121. The van der Waals surface area contributed by atoms with Crippen LogP contribution < -0.4 is 10.1 Å². The predicted molar refractivity (Wildman–Crippen MR) is 133 cm³/mol. The Bertz CT molecular complexity index is 995. The molecule has 0 atom stereocenters. The summed E-state index contributed by atoms with van der Waals surface area (Å²) < 4.78 is 5.67. The van der Waals surface area contributed by atoms with Crippen molar-refractivity contribution in [2.45, 2.75) is 71.8 Å². The van der Waals surface area contributed by atoms with Gasteiger partial charge in [0, 0.05) is 24.5 Å². The van der Waals surface area contributed by atoms with Gasteiger partial charge in [-0.05, 0) is 51.6 Å².